The highest BCUT2D eigenvalue weighted by atomic mass is 32.2. The molecule has 1 N–H and O–H groups in total. The van der Waals surface area contributed by atoms with Crippen LogP contribution in [0.3, 0.4) is 0 Å². The lowest BCUT2D eigenvalue weighted by Gasteiger charge is -2.06. The Morgan fingerprint density at radius 3 is 2.11 bits per heavy atom. The quantitative estimate of drug-likeness (QED) is 0.491. The van der Waals surface area contributed by atoms with E-state index in [9.17, 15) is 8.42 Å². The van der Waals surface area contributed by atoms with Crippen molar-refractivity contribution >= 4 is 17.9 Å². The molecule has 0 aromatic rings. The highest BCUT2D eigenvalue weighted by Gasteiger charge is 2.48. The van der Waals surface area contributed by atoms with Crippen LogP contribution in [0.4, 0.5) is 0 Å². The monoisotopic (exact) mass is 147 g/mol. The Balaban J connectivity index is 2.84. The summed E-state index contributed by atoms with van der Waals surface area (Å²) in [5.74, 6) is 0. The number of hydrogen-bond acceptors (Lipinski definition) is 2. The molecule has 9 heavy (non-hydrogen) atoms. The average molecular weight is 147 g/mol. The van der Waals surface area contributed by atoms with E-state index in [4.69, 9.17) is 0 Å². The fourth-order valence-electron chi connectivity index (χ4n) is 0.691. The van der Waals surface area contributed by atoms with E-state index >= 15 is 0 Å². The van der Waals surface area contributed by atoms with Crippen molar-refractivity contribution in [3.63, 3.8) is 0 Å². The Hall–Kier alpha value is -0.0251. The van der Waals surface area contributed by atoms with E-state index in [0.717, 1.165) is 12.8 Å². The van der Waals surface area contributed by atoms with Gasteiger partial charge in [-0.25, -0.2) is 13.1 Å². The molecule has 3 nitrogen and oxygen atoms in total. The van der Waals surface area contributed by atoms with E-state index in [-0.39, 0.29) is 0 Å². The van der Waals surface area contributed by atoms with Gasteiger partial charge in [0.25, 0.3) is 0 Å². The van der Waals surface area contributed by atoms with E-state index in [2.05, 4.69) is 4.72 Å². The third kappa shape index (κ3) is 0.988. The van der Waals surface area contributed by atoms with Crippen molar-refractivity contribution in [2.45, 2.75) is 17.5 Å². The van der Waals surface area contributed by atoms with Gasteiger partial charge in [-0.05, 0) is 19.9 Å². The van der Waals surface area contributed by atoms with E-state index in [1.165, 1.54) is 7.05 Å². The van der Waals surface area contributed by atoms with Crippen molar-refractivity contribution in [3.8, 4) is 0 Å². The minimum atomic E-state index is -2.97. The SMILES string of the molecule is BC1(S(=O)(=O)NC)CC1. The molecule has 1 rings (SSSR count). The van der Waals surface area contributed by atoms with Crippen LogP contribution in [0.2, 0.25) is 0 Å². The van der Waals surface area contributed by atoms with E-state index < -0.39 is 14.7 Å². The van der Waals surface area contributed by atoms with Gasteiger partial charge in [-0.2, -0.15) is 0 Å². The topological polar surface area (TPSA) is 46.2 Å². The largest absolute Gasteiger partial charge is 0.218 e. The van der Waals surface area contributed by atoms with Crippen LogP contribution in [0, 0.1) is 0 Å². The summed E-state index contributed by atoms with van der Waals surface area (Å²) in [6.45, 7) is 0. The summed E-state index contributed by atoms with van der Waals surface area (Å²) < 4.78 is 23.8. The number of sulfonamides is 1. The third-order valence-corrected chi connectivity index (χ3v) is 4.11. The van der Waals surface area contributed by atoms with E-state index in [1.807, 2.05) is 0 Å². The molecule has 1 aliphatic carbocycles. The smallest absolute Gasteiger partial charge is 0.209 e. The molecule has 1 aliphatic rings. The van der Waals surface area contributed by atoms with Crippen molar-refractivity contribution in [2.75, 3.05) is 7.05 Å². The first kappa shape index (κ1) is 7.09. The lowest BCUT2D eigenvalue weighted by atomic mass is 10.0. The van der Waals surface area contributed by atoms with Gasteiger partial charge >= 0.3 is 0 Å². The zero-order valence-corrected chi connectivity index (χ0v) is 6.46. The van der Waals surface area contributed by atoms with Gasteiger partial charge in [-0.1, -0.05) is 0 Å². The first-order valence-corrected chi connectivity index (χ1v) is 4.43. The van der Waals surface area contributed by atoms with Crippen molar-refractivity contribution in [3.05, 3.63) is 0 Å². The Morgan fingerprint density at radius 2 is 2.00 bits per heavy atom. The standard InChI is InChI=1S/C4H10BNO2S/c1-6-9(7,8)4(5)2-3-4/h6H,2-3,5H2,1H3. The predicted octanol–water partition coefficient (Wildman–Crippen LogP) is -1.34. The highest BCUT2D eigenvalue weighted by molar-refractivity contribution is 7.92. The second kappa shape index (κ2) is 1.73. The Bertz CT molecular complexity index is 207. The van der Waals surface area contributed by atoms with Crippen molar-refractivity contribution in [1.29, 1.82) is 0 Å². The maximum Gasteiger partial charge on any atom is 0.209 e. The molecule has 1 saturated carbocycles. The molecule has 0 radical (unpaired) electrons. The molecule has 52 valence electrons. The molecule has 0 atom stereocenters. The minimum Gasteiger partial charge on any atom is -0.218 e. The van der Waals surface area contributed by atoms with Crippen LogP contribution >= 0.6 is 0 Å². The van der Waals surface area contributed by atoms with Gasteiger partial charge in [-0.3, -0.25) is 0 Å². The summed E-state index contributed by atoms with van der Waals surface area (Å²) in [5, 5.41) is 0. The van der Waals surface area contributed by atoms with E-state index in [1.54, 1.807) is 7.85 Å². The van der Waals surface area contributed by atoms with Crippen LogP contribution in [0.1, 0.15) is 12.8 Å². The summed E-state index contributed by atoms with van der Waals surface area (Å²) in [6.07, 6.45) is 1.60. The molecule has 0 aromatic heterocycles. The zero-order valence-electron chi connectivity index (χ0n) is 5.64. The summed E-state index contributed by atoms with van der Waals surface area (Å²) in [4.78, 5) is 0. The average Bonchev–Trinajstić information content (AvgIpc) is 2.49. The molecule has 0 aromatic carbocycles. The van der Waals surface area contributed by atoms with Gasteiger partial charge in [-0.15, -0.1) is 0 Å². The third-order valence-electron chi connectivity index (χ3n) is 1.87. The summed E-state index contributed by atoms with van der Waals surface area (Å²) in [5.41, 5.74) is 0. The van der Waals surface area contributed by atoms with Crippen molar-refractivity contribution in [2.24, 2.45) is 0 Å². The van der Waals surface area contributed by atoms with Crippen LogP contribution in [0.5, 0.6) is 0 Å². The fourth-order valence-corrected chi connectivity index (χ4v) is 1.82. The minimum absolute atomic E-state index is 0.443. The van der Waals surface area contributed by atoms with Crippen LogP contribution < -0.4 is 4.72 Å². The van der Waals surface area contributed by atoms with Crippen LogP contribution in [-0.4, -0.2) is 28.0 Å². The van der Waals surface area contributed by atoms with Gasteiger partial charge in [0.1, 0.15) is 7.85 Å². The van der Waals surface area contributed by atoms with Gasteiger partial charge in [0.05, 0.1) is 4.65 Å². The Labute approximate surface area is 56.3 Å². The zero-order chi connectivity index (χ0) is 7.12. The first-order valence-electron chi connectivity index (χ1n) is 2.95. The van der Waals surface area contributed by atoms with Crippen LogP contribution in [-0.2, 0) is 10.0 Å². The molecule has 0 spiro atoms. The summed E-state index contributed by atoms with van der Waals surface area (Å²) >= 11 is 0. The van der Waals surface area contributed by atoms with E-state index in [0.29, 0.717) is 0 Å². The van der Waals surface area contributed by atoms with Crippen LogP contribution in [0.15, 0.2) is 0 Å². The van der Waals surface area contributed by atoms with Gasteiger partial charge in [0.15, 0.2) is 0 Å². The lowest BCUT2D eigenvalue weighted by Crippen LogP contribution is -2.33. The Kier molecular flexibility index (Phi) is 1.36. The predicted molar refractivity (Wildman–Crippen MR) is 38.5 cm³/mol. The van der Waals surface area contributed by atoms with Crippen molar-refractivity contribution < 1.29 is 8.42 Å². The van der Waals surface area contributed by atoms with Gasteiger partial charge < -0.3 is 0 Å². The summed E-state index contributed by atoms with van der Waals surface area (Å²) in [7, 11) is 0.245. The second-order valence-corrected chi connectivity index (χ2v) is 5.06. The molecule has 0 amide bonds. The number of rotatable bonds is 2. The summed E-state index contributed by atoms with van der Waals surface area (Å²) in [6, 6.07) is 0. The van der Waals surface area contributed by atoms with Crippen molar-refractivity contribution in [1.82, 2.24) is 4.72 Å². The van der Waals surface area contributed by atoms with Gasteiger partial charge in [0.2, 0.25) is 10.0 Å². The maximum atomic E-state index is 11.0. The molecule has 0 bridgehead atoms. The molecular formula is C4H10BNO2S. The number of nitrogens with one attached hydrogen (secondary N) is 1. The molecule has 0 heterocycles. The van der Waals surface area contributed by atoms with Crippen LogP contribution in [0.25, 0.3) is 0 Å². The molecular weight excluding hydrogens is 137 g/mol. The first-order chi connectivity index (χ1) is 4.02. The fraction of sp³-hybridized carbons (Fsp3) is 1.00. The molecule has 5 heteroatoms. The van der Waals surface area contributed by atoms with Gasteiger partial charge in [0, 0.05) is 0 Å². The Morgan fingerprint density at radius 1 is 1.56 bits per heavy atom. The maximum absolute atomic E-state index is 11.0. The highest BCUT2D eigenvalue weighted by Crippen LogP contribution is 2.38. The second-order valence-electron chi connectivity index (χ2n) is 2.66. The molecule has 0 aliphatic heterocycles. The number of hydrogen-bond donors (Lipinski definition) is 1. The molecule has 0 unspecified atom stereocenters. The molecule has 0 saturated heterocycles. The normalized spacial score (nSPS) is 23.7. The lowest BCUT2D eigenvalue weighted by molar-refractivity contribution is 0.583. The molecule has 1 fully saturated rings.